The van der Waals surface area contributed by atoms with Gasteiger partial charge in [-0.3, -0.25) is 4.79 Å². The van der Waals surface area contributed by atoms with E-state index >= 15 is 0 Å². The van der Waals surface area contributed by atoms with Crippen LogP contribution in [0.15, 0.2) is 34.5 Å². The van der Waals surface area contributed by atoms with Crippen LogP contribution in [0.25, 0.3) is 0 Å². The third kappa shape index (κ3) is 4.63. The molecule has 9 heteroatoms. The second-order valence-electron chi connectivity index (χ2n) is 5.90. The fourth-order valence-corrected chi connectivity index (χ4v) is 4.41. The first-order chi connectivity index (χ1) is 11.9. The fraction of sp³-hybridized carbons (Fsp3) is 0.375. The summed E-state index contributed by atoms with van der Waals surface area (Å²) in [6.07, 6.45) is 0.874. The monoisotopic (exact) mass is 380 g/mol. The van der Waals surface area contributed by atoms with E-state index in [1.54, 1.807) is 12.1 Å². The van der Waals surface area contributed by atoms with Crippen molar-refractivity contribution in [3.8, 4) is 0 Å². The third-order valence-electron chi connectivity index (χ3n) is 3.88. The summed E-state index contributed by atoms with van der Waals surface area (Å²) < 4.78 is 27.4. The molecule has 1 amide bonds. The summed E-state index contributed by atoms with van der Waals surface area (Å²) in [6.45, 7) is 3.60. The first-order valence-corrected chi connectivity index (χ1v) is 10.3. The highest BCUT2D eigenvalue weighted by atomic mass is 32.2. The van der Waals surface area contributed by atoms with Crippen LogP contribution in [0.2, 0.25) is 0 Å². The van der Waals surface area contributed by atoms with Gasteiger partial charge in [-0.2, -0.15) is 0 Å². The summed E-state index contributed by atoms with van der Waals surface area (Å²) in [5.74, 6) is -0.263. The van der Waals surface area contributed by atoms with Gasteiger partial charge in [0.15, 0.2) is 0 Å². The molecular weight excluding hydrogens is 360 g/mol. The van der Waals surface area contributed by atoms with Crippen molar-refractivity contribution in [3.05, 3.63) is 45.9 Å². The van der Waals surface area contributed by atoms with Crippen molar-refractivity contribution in [1.29, 1.82) is 0 Å². The molecule has 0 radical (unpaired) electrons. The predicted octanol–water partition coefficient (Wildman–Crippen LogP) is 1.02. The van der Waals surface area contributed by atoms with Crippen LogP contribution in [0.5, 0.6) is 0 Å². The molecule has 3 rings (SSSR count). The number of thiazole rings is 1. The molecule has 3 N–H and O–H groups in total. The molecule has 134 valence electrons. The second-order valence-corrected chi connectivity index (χ2v) is 8.61. The Morgan fingerprint density at radius 3 is 2.96 bits per heavy atom. The molecule has 1 aromatic carbocycles. The smallest absolute Gasteiger partial charge is 0.251 e. The van der Waals surface area contributed by atoms with Crippen molar-refractivity contribution < 1.29 is 13.2 Å². The molecule has 7 nitrogen and oxygen atoms in total. The van der Waals surface area contributed by atoms with Crippen molar-refractivity contribution in [2.45, 2.75) is 30.8 Å². The van der Waals surface area contributed by atoms with E-state index in [0.717, 1.165) is 25.2 Å². The Labute approximate surface area is 150 Å². The Balaban J connectivity index is 1.69. The Hall–Kier alpha value is -1.81. The van der Waals surface area contributed by atoms with E-state index in [1.165, 1.54) is 23.5 Å². The third-order valence-corrected chi connectivity index (χ3v) is 6.25. The first-order valence-electron chi connectivity index (χ1n) is 7.96. The molecule has 0 saturated carbocycles. The lowest BCUT2D eigenvalue weighted by Crippen LogP contribution is -2.36. The molecule has 2 heterocycles. The van der Waals surface area contributed by atoms with Crippen LogP contribution < -0.4 is 15.4 Å². The van der Waals surface area contributed by atoms with E-state index in [-0.39, 0.29) is 23.4 Å². The second kappa shape index (κ2) is 7.61. The summed E-state index contributed by atoms with van der Waals surface area (Å²) in [4.78, 5) is 16.6. The van der Waals surface area contributed by atoms with E-state index in [0.29, 0.717) is 10.6 Å². The maximum Gasteiger partial charge on any atom is 0.251 e. The van der Waals surface area contributed by atoms with Crippen molar-refractivity contribution in [1.82, 2.24) is 20.3 Å². The molecular formula is C16H20N4O3S2. The highest BCUT2D eigenvalue weighted by Crippen LogP contribution is 2.14. The van der Waals surface area contributed by atoms with Crippen LogP contribution in [0.4, 0.5) is 0 Å². The van der Waals surface area contributed by atoms with E-state index in [4.69, 9.17) is 0 Å². The number of hydrogen-bond donors (Lipinski definition) is 3. The first kappa shape index (κ1) is 18.0. The Morgan fingerprint density at radius 1 is 1.44 bits per heavy atom. The molecule has 1 aromatic heterocycles. The number of carbonyl (C=O) groups is 1. The molecule has 25 heavy (non-hydrogen) atoms. The van der Waals surface area contributed by atoms with Gasteiger partial charge in [0.05, 0.1) is 11.4 Å². The summed E-state index contributed by atoms with van der Waals surface area (Å²) in [5.41, 5.74) is 1.19. The Bertz CT molecular complexity index is 858. The van der Waals surface area contributed by atoms with Gasteiger partial charge in [-0.05, 0) is 38.1 Å². The average Bonchev–Trinajstić information content (AvgIpc) is 3.25. The van der Waals surface area contributed by atoms with Crippen LogP contribution in [-0.2, 0) is 16.6 Å². The van der Waals surface area contributed by atoms with Crippen LogP contribution in [0.3, 0.4) is 0 Å². The summed E-state index contributed by atoms with van der Waals surface area (Å²) in [5, 5.41) is 8.65. The zero-order chi connectivity index (χ0) is 17.9. The average molecular weight is 380 g/mol. The topological polar surface area (TPSA) is 100 Å². The maximum absolute atomic E-state index is 12.5. The standard InChI is InChI=1S/C16H20N4O3S2/c1-11-10-24-15(19-11)9-18-25(22,23)14-4-2-3-12(7-14)16(21)20-13-5-6-17-8-13/h2-4,7,10,13,17-18H,5-6,8-9H2,1H3,(H,20,21). The van der Waals surface area contributed by atoms with Crippen LogP contribution in [0, 0.1) is 6.92 Å². The van der Waals surface area contributed by atoms with Crippen molar-refractivity contribution >= 4 is 27.3 Å². The summed E-state index contributed by atoms with van der Waals surface area (Å²) >= 11 is 1.40. The zero-order valence-corrected chi connectivity index (χ0v) is 15.4. The Kier molecular flexibility index (Phi) is 5.48. The van der Waals surface area contributed by atoms with E-state index < -0.39 is 10.0 Å². The number of carbonyl (C=O) groups excluding carboxylic acids is 1. The molecule has 0 aliphatic carbocycles. The van der Waals surface area contributed by atoms with Crippen molar-refractivity contribution in [2.24, 2.45) is 0 Å². The van der Waals surface area contributed by atoms with Crippen molar-refractivity contribution in [2.75, 3.05) is 13.1 Å². The normalized spacial score (nSPS) is 17.6. The van der Waals surface area contributed by atoms with Gasteiger partial charge in [-0.25, -0.2) is 18.1 Å². The van der Waals surface area contributed by atoms with Gasteiger partial charge < -0.3 is 10.6 Å². The molecule has 0 spiro atoms. The number of sulfonamides is 1. The fourth-order valence-electron chi connectivity index (χ4n) is 2.58. The van der Waals surface area contributed by atoms with Gasteiger partial charge in [0.25, 0.3) is 5.91 Å². The molecule has 1 unspecified atom stereocenters. The highest BCUT2D eigenvalue weighted by molar-refractivity contribution is 7.89. The maximum atomic E-state index is 12.5. The number of amides is 1. The molecule has 1 aliphatic rings. The number of nitrogens with one attached hydrogen (secondary N) is 3. The van der Waals surface area contributed by atoms with Gasteiger partial charge in [-0.1, -0.05) is 6.07 Å². The Morgan fingerprint density at radius 2 is 2.28 bits per heavy atom. The van der Waals surface area contributed by atoms with E-state index in [2.05, 4.69) is 20.3 Å². The zero-order valence-electron chi connectivity index (χ0n) is 13.8. The van der Waals surface area contributed by atoms with Crippen molar-refractivity contribution in [3.63, 3.8) is 0 Å². The van der Waals surface area contributed by atoms with Gasteiger partial charge in [0.1, 0.15) is 5.01 Å². The minimum Gasteiger partial charge on any atom is -0.348 e. The lowest BCUT2D eigenvalue weighted by molar-refractivity contribution is 0.0940. The molecule has 1 saturated heterocycles. The van der Waals surface area contributed by atoms with Crippen LogP contribution >= 0.6 is 11.3 Å². The molecule has 2 aromatic rings. The lowest BCUT2D eigenvalue weighted by atomic mass is 10.2. The molecule has 0 bridgehead atoms. The molecule has 1 atom stereocenters. The van der Waals surface area contributed by atoms with E-state index in [1.807, 2.05) is 12.3 Å². The minimum absolute atomic E-state index is 0.0676. The predicted molar refractivity (Wildman–Crippen MR) is 96.1 cm³/mol. The SMILES string of the molecule is Cc1csc(CNS(=O)(=O)c2cccc(C(=O)NC3CCNC3)c2)n1. The van der Waals surface area contributed by atoms with Crippen LogP contribution in [0.1, 0.15) is 27.5 Å². The minimum atomic E-state index is -3.71. The molecule has 1 aliphatic heterocycles. The van der Waals surface area contributed by atoms with Crippen LogP contribution in [-0.4, -0.2) is 38.4 Å². The summed E-state index contributed by atoms with van der Waals surface area (Å²) in [6, 6.07) is 6.14. The van der Waals surface area contributed by atoms with Gasteiger partial charge in [-0.15, -0.1) is 11.3 Å². The lowest BCUT2D eigenvalue weighted by Gasteiger charge is -2.12. The number of aromatic nitrogens is 1. The van der Waals surface area contributed by atoms with Gasteiger partial charge in [0.2, 0.25) is 10.0 Å². The van der Waals surface area contributed by atoms with E-state index in [9.17, 15) is 13.2 Å². The van der Waals surface area contributed by atoms with Gasteiger partial charge >= 0.3 is 0 Å². The number of nitrogens with zero attached hydrogens (tertiary/aromatic N) is 1. The molecule has 1 fully saturated rings. The number of aryl methyl sites for hydroxylation is 1. The van der Waals surface area contributed by atoms with Gasteiger partial charge in [0, 0.05) is 29.2 Å². The number of rotatable bonds is 6. The number of hydrogen-bond acceptors (Lipinski definition) is 6. The number of benzene rings is 1. The quantitative estimate of drug-likeness (QED) is 0.695. The largest absolute Gasteiger partial charge is 0.348 e. The highest BCUT2D eigenvalue weighted by Gasteiger charge is 2.20. The summed E-state index contributed by atoms with van der Waals surface area (Å²) in [7, 11) is -3.71.